The van der Waals surface area contributed by atoms with E-state index in [1.54, 1.807) is 0 Å². The largest absolute Gasteiger partial charge is 0.480 e. The predicted octanol–water partition coefficient (Wildman–Crippen LogP) is 1.27. The van der Waals surface area contributed by atoms with Gasteiger partial charge in [0.2, 0.25) is 5.91 Å². The topological polar surface area (TPSA) is 92.4 Å². The molecule has 0 aromatic rings. The fraction of sp³-hybridized carbons (Fsp3) is 0.846. The number of hydrogen-bond donors (Lipinski definition) is 3. The number of carbonyl (C=O) groups excluding carboxylic acids is 1. The van der Waals surface area contributed by atoms with Crippen molar-refractivity contribution in [1.82, 2.24) is 5.32 Å². The lowest BCUT2D eigenvalue weighted by atomic mass is 9.66. The van der Waals surface area contributed by atoms with E-state index in [9.17, 15) is 9.59 Å². The number of aliphatic carboxylic acids is 1. The third-order valence-corrected chi connectivity index (χ3v) is 3.86. The molecular weight excluding hydrogens is 232 g/mol. The number of rotatable bonds is 8. The highest BCUT2D eigenvalue weighted by Gasteiger charge is 2.38. The van der Waals surface area contributed by atoms with E-state index in [2.05, 4.69) is 5.32 Å². The van der Waals surface area contributed by atoms with Crippen LogP contribution in [-0.4, -0.2) is 29.6 Å². The summed E-state index contributed by atoms with van der Waals surface area (Å²) >= 11 is 0. The van der Waals surface area contributed by atoms with Crippen molar-refractivity contribution in [3.63, 3.8) is 0 Å². The molecule has 0 spiro atoms. The van der Waals surface area contributed by atoms with Gasteiger partial charge in [-0.05, 0) is 31.2 Å². The van der Waals surface area contributed by atoms with Gasteiger partial charge in [0.05, 0.1) is 0 Å². The summed E-state index contributed by atoms with van der Waals surface area (Å²) in [7, 11) is 0. The lowest BCUT2D eigenvalue weighted by Crippen LogP contribution is -2.46. The van der Waals surface area contributed by atoms with Gasteiger partial charge in [-0.2, -0.15) is 0 Å². The smallest absolute Gasteiger partial charge is 0.326 e. The van der Waals surface area contributed by atoms with E-state index >= 15 is 0 Å². The Labute approximate surface area is 108 Å². The van der Waals surface area contributed by atoms with E-state index in [4.69, 9.17) is 10.8 Å². The van der Waals surface area contributed by atoms with Crippen LogP contribution in [0.1, 0.15) is 51.9 Å². The molecule has 0 saturated heterocycles. The van der Waals surface area contributed by atoms with Crippen molar-refractivity contribution < 1.29 is 14.7 Å². The van der Waals surface area contributed by atoms with Crippen molar-refractivity contribution in [1.29, 1.82) is 0 Å². The Kier molecular flexibility index (Phi) is 5.59. The first-order valence-corrected chi connectivity index (χ1v) is 6.75. The number of nitrogens with one attached hydrogen (secondary N) is 1. The van der Waals surface area contributed by atoms with E-state index in [1.807, 2.05) is 6.92 Å². The van der Waals surface area contributed by atoms with Gasteiger partial charge >= 0.3 is 5.97 Å². The van der Waals surface area contributed by atoms with Crippen LogP contribution in [0, 0.1) is 5.41 Å². The molecule has 0 aromatic carbocycles. The Morgan fingerprint density at radius 2 is 2.11 bits per heavy atom. The quantitative estimate of drug-likeness (QED) is 0.609. The van der Waals surface area contributed by atoms with E-state index < -0.39 is 12.0 Å². The van der Waals surface area contributed by atoms with Crippen LogP contribution in [0.3, 0.4) is 0 Å². The fourth-order valence-corrected chi connectivity index (χ4v) is 2.38. The molecule has 104 valence electrons. The number of carboxylic acid groups (broad SMARTS) is 1. The molecule has 1 atom stereocenters. The van der Waals surface area contributed by atoms with Crippen LogP contribution in [0.5, 0.6) is 0 Å². The molecule has 0 radical (unpaired) electrons. The summed E-state index contributed by atoms with van der Waals surface area (Å²) in [4.78, 5) is 22.9. The highest BCUT2D eigenvalue weighted by molar-refractivity contribution is 5.83. The van der Waals surface area contributed by atoms with Gasteiger partial charge in [0.15, 0.2) is 0 Å². The van der Waals surface area contributed by atoms with Crippen LogP contribution in [0.15, 0.2) is 0 Å². The van der Waals surface area contributed by atoms with Crippen LogP contribution >= 0.6 is 0 Å². The Morgan fingerprint density at radius 1 is 1.44 bits per heavy atom. The van der Waals surface area contributed by atoms with E-state index in [1.165, 1.54) is 0 Å². The minimum absolute atomic E-state index is 0.0715. The lowest BCUT2D eigenvalue weighted by Gasteiger charge is -2.40. The first-order chi connectivity index (χ1) is 8.53. The van der Waals surface area contributed by atoms with Gasteiger partial charge in [0.1, 0.15) is 6.04 Å². The van der Waals surface area contributed by atoms with Crippen molar-refractivity contribution in [3.8, 4) is 0 Å². The summed E-state index contributed by atoms with van der Waals surface area (Å²) in [5.74, 6) is -1.13. The molecule has 5 nitrogen and oxygen atoms in total. The van der Waals surface area contributed by atoms with Gasteiger partial charge in [0, 0.05) is 6.42 Å². The molecule has 18 heavy (non-hydrogen) atoms. The minimum Gasteiger partial charge on any atom is -0.480 e. The summed E-state index contributed by atoms with van der Waals surface area (Å²) < 4.78 is 0. The van der Waals surface area contributed by atoms with Crippen LogP contribution in [0.2, 0.25) is 0 Å². The minimum atomic E-state index is -0.952. The molecule has 0 bridgehead atoms. The van der Waals surface area contributed by atoms with E-state index in [-0.39, 0.29) is 11.3 Å². The Morgan fingerprint density at radius 3 is 2.50 bits per heavy atom. The van der Waals surface area contributed by atoms with Crippen LogP contribution in [0.25, 0.3) is 0 Å². The number of carboxylic acids is 1. The molecule has 0 aliphatic heterocycles. The summed E-state index contributed by atoms with van der Waals surface area (Å²) in [6, 6.07) is -0.757. The van der Waals surface area contributed by atoms with Crippen molar-refractivity contribution >= 4 is 11.9 Å². The molecule has 0 aromatic heterocycles. The Bertz CT molecular complexity index is 295. The Hall–Kier alpha value is -1.10. The van der Waals surface area contributed by atoms with Crippen LogP contribution in [-0.2, 0) is 9.59 Å². The average molecular weight is 256 g/mol. The number of hydrogen-bond acceptors (Lipinski definition) is 3. The third-order valence-electron chi connectivity index (χ3n) is 3.86. The second kappa shape index (κ2) is 6.73. The van der Waals surface area contributed by atoms with Crippen molar-refractivity contribution in [2.24, 2.45) is 11.1 Å². The number of amides is 1. The molecular formula is C13H24N2O3. The van der Waals surface area contributed by atoms with Gasteiger partial charge in [-0.25, -0.2) is 4.79 Å². The molecule has 0 heterocycles. The number of unbranched alkanes of at least 4 members (excludes halogenated alkanes) is 1. The summed E-state index contributed by atoms with van der Waals surface area (Å²) in [6.07, 6.45) is 5.65. The lowest BCUT2D eigenvalue weighted by molar-refractivity contribution is -0.142. The normalized spacial score (nSPS) is 18.8. The third kappa shape index (κ3) is 3.98. The number of nitrogens with two attached hydrogens (primary N) is 1. The molecule has 5 heteroatoms. The average Bonchev–Trinajstić information content (AvgIpc) is 2.28. The first-order valence-electron chi connectivity index (χ1n) is 6.75. The van der Waals surface area contributed by atoms with E-state index in [0.717, 1.165) is 32.1 Å². The maximum atomic E-state index is 11.9. The zero-order chi connectivity index (χ0) is 13.6. The van der Waals surface area contributed by atoms with Crippen LogP contribution in [0.4, 0.5) is 0 Å². The number of carbonyl (C=O) groups is 2. The van der Waals surface area contributed by atoms with E-state index in [0.29, 0.717) is 19.4 Å². The highest BCUT2D eigenvalue weighted by Crippen LogP contribution is 2.42. The van der Waals surface area contributed by atoms with Crippen molar-refractivity contribution in [3.05, 3.63) is 0 Å². The Balaban J connectivity index is 2.43. The van der Waals surface area contributed by atoms with Crippen LogP contribution < -0.4 is 11.1 Å². The molecule has 1 rings (SSSR count). The molecule has 1 unspecified atom stereocenters. The molecule has 1 fully saturated rings. The fourth-order valence-electron chi connectivity index (χ4n) is 2.38. The maximum Gasteiger partial charge on any atom is 0.326 e. The second-order valence-corrected chi connectivity index (χ2v) is 5.34. The zero-order valence-electron chi connectivity index (χ0n) is 11.1. The monoisotopic (exact) mass is 256 g/mol. The SMILES string of the molecule is CCCCC(NC(=O)CC1(CN)CCC1)C(=O)O. The standard InChI is InChI=1S/C13H24N2O3/c1-2-3-5-10(12(17)18)15-11(16)8-13(9-14)6-4-7-13/h10H,2-9,14H2,1H3,(H,15,16)(H,17,18). The molecule has 1 aliphatic rings. The predicted molar refractivity (Wildman–Crippen MR) is 69.0 cm³/mol. The second-order valence-electron chi connectivity index (χ2n) is 5.34. The molecule has 1 saturated carbocycles. The maximum absolute atomic E-state index is 11.9. The summed E-state index contributed by atoms with van der Waals surface area (Å²) in [6.45, 7) is 2.51. The summed E-state index contributed by atoms with van der Waals surface area (Å²) in [5, 5.41) is 11.7. The summed E-state index contributed by atoms with van der Waals surface area (Å²) in [5.41, 5.74) is 5.62. The highest BCUT2D eigenvalue weighted by atomic mass is 16.4. The molecule has 1 amide bonds. The first kappa shape index (κ1) is 15.0. The van der Waals surface area contributed by atoms with Gasteiger partial charge in [-0.1, -0.05) is 26.2 Å². The van der Waals surface area contributed by atoms with Crippen molar-refractivity contribution in [2.45, 2.75) is 57.9 Å². The van der Waals surface area contributed by atoms with Gasteiger partial charge < -0.3 is 16.2 Å². The molecule has 4 N–H and O–H groups in total. The van der Waals surface area contributed by atoms with Gasteiger partial charge in [-0.3, -0.25) is 4.79 Å². The van der Waals surface area contributed by atoms with Crippen molar-refractivity contribution in [2.75, 3.05) is 6.54 Å². The van der Waals surface area contributed by atoms with Gasteiger partial charge in [-0.15, -0.1) is 0 Å². The molecule has 1 aliphatic carbocycles. The van der Waals surface area contributed by atoms with Gasteiger partial charge in [0.25, 0.3) is 0 Å². The zero-order valence-corrected chi connectivity index (χ0v) is 11.1.